The summed E-state index contributed by atoms with van der Waals surface area (Å²) < 4.78 is 5.69. The van der Waals surface area contributed by atoms with Crippen molar-refractivity contribution in [1.82, 2.24) is 0 Å². The van der Waals surface area contributed by atoms with Crippen molar-refractivity contribution in [3.8, 4) is 11.3 Å². The lowest BCUT2D eigenvalue weighted by atomic mass is 10.1. The molecule has 2 rings (SSSR count). The number of benzene rings is 1. The summed E-state index contributed by atoms with van der Waals surface area (Å²) in [5.41, 5.74) is 7.28. The Kier molecular flexibility index (Phi) is 3.66. The van der Waals surface area contributed by atoms with Gasteiger partial charge in [0.2, 0.25) is 0 Å². The summed E-state index contributed by atoms with van der Waals surface area (Å²) in [5, 5.41) is 10.8. The monoisotopic (exact) mass is 260 g/mol. The van der Waals surface area contributed by atoms with Crippen molar-refractivity contribution in [2.24, 2.45) is 5.73 Å². The fourth-order valence-electron chi connectivity index (χ4n) is 1.97. The van der Waals surface area contributed by atoms with Gasteiger partial charge in [-0.25, -0.2) is 0 Å². The SMILES string of the molecule is Cc1cc(-c2ccc(CC(C)N)o2)ccc1[N+](=O)[O-]. The molecule has 100 valence electrons. The Morgan fingerprint density at radius 1 is 1.37 bits per heavy atom. The lowest BCUT2D eigenvalue weighted by molar-refractivity contribution is -0.385. The molecule has 0 fully saturated rings. The van der Waals surface area contributed by atoms with E-state index in [0.717, 1.165) is 11.3 Å². The van der Waals surface area contributed by atoms with Gasteiger partial charge in [-0.2, -0.15) is 0 Å². The molecule has 5 nitrogen and oxygen atoms in total. The van der Waals surface area contributed by atoms with Crippen LogP contribution in [0.15, 0.2) is 34.7 Å². The zero-order chi connectivity index (χ0) is 14.0. The number of furan rings is 1. The minimum Gasteiger partial charge on any atom is -0.461 e. The molecule has 2 N–H and O–H groups in total. The predicted molar refractivity (Wildman–Crippen MR) is 72.9 cm³/mol. The maximum Gasteiger partial charge on any atom is 0.272 e. The van der Waals surface area contributed by atoms with Crippen LogP contribution in [0.25, 0.3) is 11.3 Å². The van der Waals surface area contributed by atoms with E-state index in [9.17, 15) is 10.1 Å². The molecular weight excluding hydrogens is 244 g/mol. The summed E-state index contributed by atoms with van der Waals surface area (Å²) in [6.45, 7) is 3.63. The van der Waals surface area contributed by atoms with Crippen LogP contribution in [0.2, 0.25) is 0 Å². The minimum atomic E-state index is -0.386. The van der Waals surface area contributed by atoms with Gasteiger partial charge in [0.25, 0.3) is 5.69 Å². The average Bonchev–Trinajstić information content (AvgIpc) is 2.75. The summed E-state index contributed by atoms with van der Waals surface area (Å²) in [6.07, 6.45) is 0.673. The summed E-state index contributed by atoms with van der Waals surface area (Å²) in [7, 11) is 0. The lowest BCUT2D eigenvalue weighted by Gasteiger charge is -2.02. The molecule has 1 unspecified atom stereocenters. The molecule has 19 heavy (non-hydrogen) atoms. The quantitative estimate of drug-likeness (QED) is 0.676. The molecule has 1 heterocycles. The van der Waals surface area contributed by atoms with Crippen molar-refractivity contribution in [3.63, 3.8) is 0 Å². The molecule has 0 saturated heterocycles. The molecule has 0 aliphatic carbocycles. The number of nitrogens with two attached hydrogens (primary N) is 1. The normalized spacial score (nSPS) is 12.4. The zero-order valence-electron chi connectivity index (χ0n) is 10.9. The highest BCUT2D eigenvalue weighted by Gasteiger charge is 2.13. The highest BCUT2D eigenvalue weighted by atomic mass is 16.6. The fraction of sp³-hybridized carbons (Fsp3) is 0.286. The molecule has 5 heteroatoms. The van der Waals surface area contributed by atoms with Crippen LogP contribution in [-0.2, 0) is 6.42 Å². The Hall–Kier alpha value is -2.14. The Labute approximate surface area is 111 Å². The van der Waals surface area contributed by atoms with Gasteiger partial charge in [-0.05, 0) is 38.1 Å². The molecule has 0 amide bonds. The second kappa shape index (κ2) is 5.24. The van der Waals surface area contributed by atoms with Crippen LogP contribution in [0.3, 0.4) is 0 Å². The van der Waals surface area contributed by atoms with Crippen LogP contribution in [0, 0.1) is 17.0 Å². The van der Waals surface area contributed by atoms with Crippen LogP contribution < -0.4 is 5.73 Å². The van der Waals surface area contributed by atoms with Crippen molar-refractivity contribution in [2.45, 2.75) is 26.3 Å². The van der Waals surface area contributed by atoms with E-state index >= 15 is 0 Å². The van der Waals surface area contributed by atoms with Gasteiger partial charge in [-0.1, -0.05) is 0 Å². The smallest absolute Gasteiger partial charge is 0.272 e. The second-order valence-corrected chi connectivity index (χ2v) is 4.71. The highest BCUT2D eigenvalue weighted by molar-refractivity contribution is 5.62. The maximum absolute atomic E-state index is 10.8. The first-order valence-electron chi connectivity index (χ1n) is 6.07. The van der Waals surface area contributed by atoms with E-state index in [-0.39, 0.29) is 16.7 Å². The van der Waals surface area contributed by atoms with Gasteiger partial charge in [-0.3, -0.25) is 10.1 Å². The first-order chi connectivity index (χ1) is 8.97. The van der Waals surface area contributed by atoms with Crippen LogP contribution in [0.5, 0.6) is 0 Å². The van der Waals surface area contributed by atoms with Crippen LogP contribution in [0.1, 0.15) is 18.2 Å². The molecule has 1 aromatic carbocycles. The van der Waals surface area contributed by atoms with Gasteiger partial charge in [-0.15, -0.1) is 0 Å². The van der Waals surface area contributed by atoms with Crippen molar-refractivity contribution in [2.75, 3.05) is 0 Å². The Bertz CT molecular complexity index is 602. The standard InChI is InChI=1S/C14H16N2O3/c1-9-7-11(3-5-13(9)16(17)18)14-6-4-12(19-14)8-10(2)15/h3-7,10H,8,15H2,1-2H3. The summed E-state index contributed by atoms with van der Waals surface area (Å²) >= 11 is 0. The molecule has 2 aromatic rings. The topological polar surface area (TPSA) is 82.3 Å². The Morgan fingerprint density at radius 3 is 2.68 bits per heavy atom. The molecule has 0 radical (unpaired) electrons. The first kappa shape index (κ1) is 13.3. The van der Waals surface area contributed by atoms with E-state index < -0.39 is 0 Å². The number of rotatable bonds is 4. The summed E-state index contributed by atoms with van der Waals surface area (Å²) in [5.74, 6) is 1.52. The molecule has 1 atom stereocenters. The molecule has 0 aliphatic rings. The first-order valence-corrected chi connectivity index (χ1v) is 6.07. The van der Waals surface area contributed by atoms with E-state index in [1.165, 1.54) is 6.07 Å². The zero-order valence-corrected chi connectivity index (χ0v) is 10.9. The molecule has 0 spiro atoms. The van der Waals surface area contributed by atoms with E-state index in [4.69, 9.17) is 10.2 Å². The second-order valence-electron chi connectivity index (χ2n) is 4.71. The summed E-state index contributed by atoms with van der Waals surface area (Å²) in [6, 6.07) is 8.73. The molecule has 0 saturated carbocycles. The van der Waals surface area contributed by atoms with Crippen LogP contribution in [-0.4, -0.2) is 11.0 Å². The number of hydrogen-bond acceptors (Lipinski definition) is 4. The third-order valence-corrected chi connectivity index (χ3v) is 2.86. The van der Waals surface area contributed by atoms with Crippen molar-refractivity contribution in [3.05, 3.63) is 51.8 Å². The number of aryl methyl sites for hydroxylation is 1. The maximum atomic E-state index is 10.8. The fourth-order valence-corrected chi connectivity index (χ4v) is 1.97. The van der Waals surface area contributed by atoms with E-state index in [2.05, 4.69) is 0 Å². The lowest BCUT2D eigenvalue weighted by Crippen LogP contribution is -2.17. The molecule has 0 bridgehead atoms. The predicted octanol–water partition coefficient (Wildman–Crippen LogP) is 3.05. The van der Waals surface area contributed by atoms with Gasteiger partial charge in [0.05, 0.1) is 4.92 Å². The van der Waals surface area contributed by atoms with E-state index in [0.29, 0.717) is 17.7 Å². The minimum absolute atomic E-state index is 0.0394. The van der Waals surface area contributed by atoms with E-state index in [1.54, 1.807) is 19.1 Å². The number of nitro benzene ring substituents is 1. The number of nitro groups is 1. The number of hydrogen-bond donors (Lipinski definition) is 1. The average molecular weight is 260 g/mol. The van der Waals surface area contributed by atoms with Crippen LogP contribution in [0.4, 0.5) is 5.69 Å². The van der Waals surface area contributed by atoms with Gasteiger partial charge >= 0.3 is 0 Å². The van der Waals surface area contributed by atoms with Gasteiger partial charge in [0.15, 0.2) is 0 Å². The van der Waals surface area contributed by atoms with E-state index in [1.807, 2.05) is 19.1 Å². The van der Waals surface area contributed by atoms with Gasteiger partial charge < -0.3 is 10.2 Å². The van der Waals surface area contributed by atoms with Crippen molar-refractivity contribution in [1.29, 1.82) is 0 Å². The van der Waals surface area contributed by atoms with Crippen LogP contribution >= 0.6 is 0 Å². The van der Waals surface area contributed by atoms with Crippen molar-refractivity contribution < 1.29 is 9.34 Å². The van der Waals surface area contributed by atoms with Crippen molar-refractivity contribution >= 4 is 5.69 Å². The Balaban J connectivity index is 2.29. The number of nitrogens with zero attached hydrogens (tertiary/aromatic N) is 1. The molecule has 0 aliphatic heterocycles. The highest BCUT2D eigenvalue weighted by Crippen LogP contribution is 2.27. The van der Waals surface area contributed by atoms with Gasteiger partial charge in [0, 0.05) is 29.7 Å². The third-order valence-electron chi connectivity index (χ3n) is 2.86. The Morgan fingerprint density at radius 2 is 2.11 bits per heavy atom. The third kappa shape index (κ3) is 3.00. The summed E-state index contributed by atoms with van der Waals surface area (Å²) in [4.78, 5) is 10.4. The largest absolute Gasteiger partial charge is 0.461 e. The van der Waals surface area contributed by atoms with Gasteiger partial charge in [0.1, 0.15) is 11.5 Å². The molecular formula is C14H16N2O3. The molecule has 1 aromatic heterocycles.